The Labute approximate surface area is 124 Å². The van der Waals surface area contributed by atoms with Gasteiger partial charge in [0.2, 0.25) is 0 Å². The van der Waals surface area contributed by atoms with Crippen LogP contribution in [0.25, 0.3) is 0 Å². The highest BCUT2D eigenvalue weighted by Crippen LogP contribution is 2.34. The zero-order valence-corrected chi connectivity index (χ0v) is 11.9. The SMILES string of the molecule is NC(=NO)c1cccc(Sc2cc(Cl)ccc2Cl)n1. The summed E-state index contributed by atoms with van der Waals surface area (Å²) in [7, 11) is 0. The number of benzene rings is 1. The van der Waals surface area contributed by atoms with Crippen molar-refractivity contribution in [1.82, 2.24) is 4.98 Å². The fraction of sp³-hybridized carbons (Fsp3) is 0. The molecule has 0 saturated carbocycles. The van der Waals surface area contributed by atoms with E-state index in [1.807, 2.05) is 0 Å². The first-order valence-corrected chi connectivity index (χ1v) is 6.75. The fourth-order valence-corrected chi connectivity index (χ4v) is 2.67. The van der Waals surface area contributed by atoms with Crippen LogP contribution in [0.5, 0.6) is 0 Å². The zero-order chi connectivity index (χ0) is 13.8. The number of halogens is 2. The molecule has 1 aromatic carbocycles. The van der Waals surface area contributed by atoms with E-state index in [1.165, 1.54) is 11.8 Å². The third kappa shape index (κ3) is 3.53. The van der Waals surface area contributed by atoms with Gasteiger partial charge in [-0.3, -0.25) is 0 Å². The van der Waals surface area contributed by atoms with Crippen molar-refractivity contribution in [2.45, 2.75) is 9.92 Å². The normalized spacial score (nSPS) is 11.6. The maximum atomic E-state index is 8.63. The fourth-order valence-electron chi connectivity index (χ4n) is 1.33. The molecule has 0 fully saturated rings. The molecule has 0 aliphatic heterocycles. The molecule has 1 aromatic heterocycles. The van der Waals surface area contributed by atoms with E-state index in [0.717, 1.165) is 4.90 Å². The van der Waals surface area contributed by atoms with Crippen LogP contribution in [0.15, 0.2) is 51.5 Å². The smallest absolute Gasteiger partial charge is 0.188 e. The summed E-state index contributed by atoms with van der Waals surface area (Å²) in [6.07, 6.45) is 0. The Kier molecular flexibility index (Phi) is 4.52. The van der Waals surface area contributed by atoms with Crippen LogP contribution < -0.4 is 5.73 Å². The number of pyridine rings is 1. The van der Waals surface area contributed by atoms with Gasteiger partial charge in [0.1, 0.15) is 10.7 Å². The van der Waals surface area contributed by atoms with E-state index in [-0.39, 0.29) is 5.84 Å². The number of rotatable bonds is 3. The van der Waals surface area contributed by atoms with Crippen molar-refractivity contribution in [3.8, 4) is 0 Å². The van der Waals surface area contributed by atoms with Crippen molar-refractivity contribution in [3.05, 3.63) is 52.1 Å². The Morgan fingerprint density at radius 3 is 2.79 bits per heavy atom. The molecular weight excluding hydrogens is 305 g/mol. The number of aromatic nitrogens is 1. The van der Waals surface area contributed by atoms with Gasteiger partial charge in [0.05, 0.1) is 5.02 Å². The summed E-state index contributed by atoms with van der Waals surface area (Å²) in [5, 5.41) is 13.4. The molecule has 19 heavy (non-hydrogen) atoms. The van der Waals surface area contributed by atoms with Crippen LogP contribution in [0, 0.1) is 0 Å². The second kappa shape index (κ2) is 6.14. The molecule has 0 unspecified atom stereocenters. The average Bonchev–Trinajstić information content (AvgIpc) is 2.42. The highest BCUT2D eigenvalue weighted by Gasteiger charge is 2.07. The monoisotopic (exact) mass is 313 g/mol. The molecule has 1 heterocycles. The lowest BCUT2D eigenvalue weighted by atomic mass is 10.3. The molecule has 0 bridgehead atoms. The van der Waals surface area contributed by atoms with Crippen molar-refractivity contribution in [1.29, 1.82) is 0 Å². The van der Waals surface area contributed by atoms with Crippen LogP contribution in [-0.4, -0.2) is 16.0 Å². The standard InChI is InChI=1S/C12H9Cl2N3OS/c13-7-4-5-8(14)10(6-7)19-11-3-1-2-9(16-11)12(15)17-18/h1-6,18H,(H2,15,17). The second-order valence-corrected chi connectivity index (χ2v) is 5.43. The summed E-state index contributed by atoms with van der Waals surface area (Å²) in [4.78, 5) is 5.05. The third-order valence-electron chi connectivity index (χ3n) is 2.20. The number of oxime groups is 1. The minimum absolute atomic E-state index is 0.0420. The van der Waals surface area contributed by atoms with Crippen LogP contribution >= 0.6 is 35.0 Å². The summed E-state index contributed by atoms with van der Waals surface area (Å²) < 4.78 is 0. The first kappa shape index (κ1) is 14.0. The lowest BCUT2D eigenvalue weighted by molar-refractivity contribution is 0.318. The Bertz CT molecular complexity index is 634. The highest BCUT2D eigenvalue weighted by molar-refractivity contribution is 7.99. The maximum Gasteiger partial charge on any atom is 0.188 e. The molecule has 7 heteroatoms. The molecular formula is C12H9Cl2N3OS. The van der Waals surface area contributed by atoms with Gasteiger partial charge in [-0.15, -0.1) is 0 Å². The maximum absolute atomic E-state index is 8.63. The predicted molar refractivity (Wildman–Crippen MR) is 77.3 cm³/mol. The van der Waals surface area contributed by atoms with Crippen molar-refractivity contribution in [2.75, 3.05) is 0 Å². The number of nitrogens with two attached hydrogens (primary N) is 1. The average molecular weight is 314 g/mol. The summed E-state index contributed by atoms with van der Waals surface area (Å²) in [5.41, 5.74) is 5.89. The summed E-state index contributed by atoms with van der Waals surface area (Å²) in [6.45, 7) is 0. The number of amidine groups is 1. The first-order chi connectivity index (χ1) is 9.10. The van der Waals surface area contributed by atoms with Crippen LogP contribution in [0.1, 0.15) is 5.69 Å². The van der Waals surface area contributed by atoms with Gasteiger partial charge in [-0.1, -0.05) is 46.2 Å². The molecule has 0 atom stereocenters. The minimum Gasteiger partial charge on any atom is -0.409 e. The van der Waals surface area contributed by atoms with Gasteiger partial charge in [-0.2, -0.15) is 0 Å². The topological polar surface area (TPSA) is 71.5 Å². The van der Waals surface area contributed by atoms with E-state index in [0.29, 0.717) is 20.8 Å². The summed E-state index contributed by atoms with van der Waals surface area (Å²) in [6, 6.07) is 10.4. The first-order valence-electron chi connectivity index (χ1n) is 5.18. The molecule has 0 saturated heterocycles. The van der Waals surface area contributed by atoms with Gasteiger partial charge in [0.25, 0.3) is 0 Å². The predicted octanol–water partition coefficient (Wildman–Crippen LogP) is 3.63. The zero-order valence-electron chi connectivity index (χ0n) is 9.55. The van der Waals surface area contributed by atoms with E-state index in [2.05, 4.69) is 10.1 Å². The van der Waals surface area contributed by atoms with Crippen LogP contribution in [0.4, 0.5) is 0 Å². The second-order valence-electron chi connectivity index (χ2n) is 3.52. The Hall–Kier alpha value is -1.43. The molecule has 0 spiro atoms. The highest BCUT2D eigenvalue weighted by atomic mass is 35.5. The number of hydrogen-bond donors (Lipinski definition) is 2. The Morgan fingerprint density at radius 2 is 2.05 bits per heavy atom. The number of hydrogen-bond acceptors (Lipinski definition) is 4. The molecule has 0 aliphatic carbocycles. The Morgan fingerprint density at radius 1 is 1.26 bits per heavy atom. The lowest BCUT2D eigenvalue weighted by Crippen LogP contribution is -2.14. The van der Waals surface area contributed by atoms with Crippen molar-refractivity contribution in [3.63, 3.8) is 0 Å². The van der Waals surface area contributed by atoms with Crippen LogP contribution in [0.2, 0.25) is 10.0 Å². The number of nitrogens with zero attached hydrogens (tertiary/aromatic N) is 2. The Balaban J connectivity index is 2.31. The summed E-state index contributed by atoms with van der Waals surface area (Å²) in [5.74, 6) is -0.0420. The van der Waals surface area contributed by atoms with E-state index >= 15 is 0 Å². The van der Waals surface area contributed by atoms with Gasteiger partial charge < -0.3 is 10.9 Å². The van der Waals surface area contributed by atoms with E-state index in [9.17, 15) is 0 Å². The van der Waals surface area contributed by atoms with E-state index < -0.39 is 0 Å². The van der Waals surface area contributed by atoms with Crippen molar-refractivity contribution < 1.29 is 5.21 Å². The van der Waals surface area contributed by atoms with Gasteiger partial charge in [-0.25, -0.2) is 4.98 Å². The molecule has 4 nitrogen and oxygen atoms in total. The van der Waals surface area contributed by atoms with Gasteiger partial charge in [-0.05, 0) is 30.3 Å². The largest absolute Gasteiger partial charge is 0.409 e. The minimum atomic E-state index is -0.0420. The molecule has 0 radical (unpaired) electrons. The quantitative estimate of drug-likeness (QED) is 0.393. The van der Waals surface area contributed by atoms with Gasteiger partial charge >= 0.3 is 0 Å². The van der Waals surface area contributed by atoms with E-state index in [4.69, 9.17) is 34.1 Å². The lowest BCUT2D eigenvalue weighted by Gasteiger charge is -2.05. The van der Waals surface area contributed by atoms with Crippen molar-refractivity contribution in [2.24, 2.45) is 10.9 Å². The molecule has 2 aromatic rings. The summed E-state index contributed by atoms with van der Waals surface area (Å²) >= 11 is 13.4. The molecule has 2 rings (SSSR count). The van der Waals surface area contributed by atoms with E-state index in [1.54, 1.807) is 36.4 Å². The molecule has 3 N–H and O–H groups in total. The molecule has 98 valence electrons. The molecule has 0 aliphatic rings. The van der Waals surface area contributed by atoms with Crippen LogP contribution in [0.3, 0.4) is 0 Å². The third-order valence-corrected chi connectivity index (χ3v) is 3.87. The van der Waals surface area contributed by atoms with Crippen molar-refractivity contribution >= 4 is 40.8 Å². The van der Waals surface area contributed by atoms with Gasteiger partial charge in [0, 0.05) is 9.92 Å². The van der Waals surface area contributed by atoms with Crippen LogP contribution in [-0.2, 0) is 0 Å². The molecule has 0 amide bonds. The van der Waals surface area contributed by atoms with Gasteiger partial charge in [0.15, 0.2) is 5.84 Å².